The molecule has 0 bridgehead atoms. The zero-order chi connectivity index (χ0) is 12.3. The van der Waals surface area contributed by atoms with Crippen molar-refractivity contribution in [2.24, 2.45) is 0 Å². The molecule has 4 heteroatoms. The minimum Gasteiger partial charge on any atom is -0.467 e. The van der Waals surface area contributed by atoms with Crippen molar-refractivity contribution in [3.63, 3.8) is 0 Å². The highest BCUT2D eigenvalue weighted by Crippen LogP contribution is 1.99. The van der Waals surface area contributed by atoms with E-state index >= 15 is 0 Å². The van der Waals surface area contributed by atoms with Crippen LogP contribution in [0.25, 0.3) is 0 Å². The van der Waals surface area contributed by atoms with Crippen LogP contribution in [0.15, 0.2) is 12.7 Å². The molecular weight excluding hydrogens is 194 g/mol. The monoisotopic (exact) mass is 217 g/mol. The van der Waals surface area contributed by atoms with Gasteiger partial charge in [-0.2, -0.15) is 0 Å². The second kappa shape index (κ2) is 10.8. The van der Waals surface area contributed by atoms with Gasteiger partial charge in [0.15, 0.2) is 0 Å². The molecule has 0 aliphatic carbocycles. The van der Waals surface area contributed by atoms with Gasteiger partial charge in [0, 0.05) is 8.35 Å². The summed E-state index contributed by atoms with van der Waals surface area (Å²) in [6.07, 6.45) is 2.88. The Hall–Kier alpha value is -1.32. The van der Waals surface area contributed by atoms with Gasteiger partial charge in [0.1, 0.15) is 6.04 Å². The first kappa shape index (κ1) is 16.1. The van der Waals surface area contributed by atoms with Crippen LogP contribution < -0.4 is 5.32 Å². The summed E-state index contributed by atoms with van der Waals surface area (Å²) in [5.74, 6) is -0.656. The number of rotatable bonds is 5. The molecule has 4 nitrogen and oxygen atoms in total. The first-order valence-electron chi connectivity index (χ1n) is 5.07. The van der Waals surface area contributed by atoms with Gasteiger partial charge in [-0.3, -0.25) is 4.79 Å². The van der Waals surface area contributed by atoms with Crippen molar-refractivity contribution in [1.29, 1.82) is 0 Å². The van der Waals surface area contributed by atoms with Gasteiger partial charge in [0.25, 0.3) is 0 Å². The lowest BCUT2D eigenvalue weighted by Gasteiger charge is -2.13. The lowest BCUT2D eigenvalue weighted by Crippen LogP contribution is -2.40. The van der Waals surface area contributed by atoms with Crippen LogP contribution in [0.1, 0.15) is 35.0 Å². The highest BCUT2D eigenvalue weighted by atomic mass is 16.5. The highest BCUT2D eigenvalue weighted by molar-refractivity contribution is 5.83. The summed E-state index contributed by atoms with van der Waals surface area (Å²) in [5.41, 5.74) is 0. The van der Waals surface area contributed by atoms with Crippen LogP contribution >= 0.6 is 0 Å². The Labute approximate surface area is 93.2 Å². The minimum absolute atomic E-state index is 0. The molecule has 0 fully saturated rings. The molecule has 0 unspecified atom stereocenters. The lowest BCUT2D eigenvalue weighted by molar-refractivity contribution is -0.145. The molecule has 0 aliphatic heterocycles. The summed E-state index contributed by atoms with van der Waals surface area (Å²) in [4.78, 5) is 21.8. The van der Waals surface area contributed by atoms with E-state index in [-0.39, 0.29) is 7.33 Å². The second-order valence-electron chi connectivity index (χ2n) is 2.64. The maximum absolute atomic E-state index is 11.1. The van der Waals surface area contributed by atoms with Gasteiger partial charge in [0.05, 0.1) is 7.11 Å². The van der Waals surface area contributed by atoms with Crippen LogP contribution in [-0.4, -0.2) is 25.0 Å². The van der Waals surface area contributed by atoms with Gasteiger partial charge in [-0.1, -0.05) is 19.9 Å². The third-order valence-corrected chi connectivity index (χ3v) is 1.52. The Morgan fingerprint density at radius 2 is 2.07 bits per heavy atom. The molecule has 0 rings (SSSR count). The Balaban J connectivity index is -0.000000529. The van der Waals surface area contributed by atoms with Crippen LogP contribution in [0.4, 0.5) is 0 Å². The third-order valence-electron chi connectivity index (χ3n) is 1.52. The van der Waals surface area contributed by atoms with E-state index in [1.54, 1.807) is 6.08 Å². The molecule has 1 amide bonds. The maximum Gasteiger partial charge on any atom is 0.328 e. The minimum atomic E-state index is -0.555. The largest absolute Gasteiger partial charge is 0.467 e. The van der Waals surface area contributed by atoms with Crippen molar-refractivity contribution in [3.8, 4) is 0 Å². The Morgan fingerprint density at radius 1 is 1.53 bits per heavy atom. The van der Waals surface area contributed by atoms with Crippen LogP contribution in [-0.2, 0) is 14.3 Å². The first-order valence-corrected chi connectivity index (χ1v) is 5.07. The van der Waals surface area contributed by atoms with Gasteiger partial charge in [-0.05, 0) is 12.8 Å². The molecule has 0 aromatic heterocycles. The van der Waals surface area contributed by atoms with Gasteiger partial charge in [-0.15, -0.1) is 6.58 Å². The Bertz CT molecular complexity index is 207. The molecule has 0 spiro atoms. The normalized spacial score (nSPS) is 10.4. The molecule has 1 atom stereocenters. The molecule has 0 radical (unpaired) electrons. The van der Waals surface area contributed by atoms with Crippen molar-refractivity contribution in [2.45, 2.75) is 39.7 Å². The predicted molar refractivity (Wildman–Crippen MR) is 62.5 cm³/mol. The lowest BCUT2D eigenvalue weighted by atomic mass is 10.1. The van der Waals surface area contributed by atoms with E-state index in [9.17, 15) is 9.59 Å². The molecule has 0 heterocycles. The number of hydrogen-bond donors (Lipinski definition) is 1. The topological polar surface area (TPSA) is 55.4 Å². The summed E-state index contributed by atoms with van der Waals surface area (Å²) in [5, 5.41) is 2.50. The molecule has 0 aromatic carbocycles. The van der Waals surface area contributed by atoms with Gasteiger partial charge >= 0.3 is 5.97 Å². The van der Waals surface area contributed by atoms with E-state index in [1.807, 2.05) is 13.8 Å². The van der Waals surface area contributed by atoms with Gasteiger partial charge in [0.2, 0.25) is 5.91 Å². The van der Waals surface area contributed by atoms with Crippen molar-refractivity contribution in [2.75, 3.05) is 7.11 Å². The number of allylic oxidation sites excluding steroid dienone is 1. The number of hydrogen-bond acceptors (Lipinski definition) is 3. The van der Waals surface area contributed by atoms with E-state index in [1.165, 1.54) is 14.0 Å². The molecule has 90 valence electrons. The molecule has 15 heavy (non-hydrogen) atoms. The molecule has 0 saturated heterocycles. The molecule has 0 aromatic rings. The van der Waals surface area contributed by atoms with Crippen molar-refractivity contribution in [1.82, 2.24) is 5.32 Å². The number of esters is 1. The average Bonchev–Trinajstić information content (AvgIpc) is 2.25. The third kappa shape index (κ3) is 9.00. The molecule has 0 aliphatic rings. The average molecular weight is 217 g/mol. The Kier molecular flexibility index (Phi) is 11.6. The predicted octanol–water partition coefficient (Wildman–Crippen LogP) is 1.90. The fraction of sp³-hybridized carbons (Fsp3) is 0.636. The summed E-state index contributed by atoms with van der Waals surface area (Å²) >= 11 is 0. The number of carbonyl (C=O) groups excluding carboxylic acids is 2. The number of nitrogens with one attached hydrogen (secondary N) is 1. The summed E-state index contributed by atoms with van der Waals surface area (Å²) in [6, 6.07) is -0.555. The summed E-state index contributed by atoms with van der Waals surface area (Å²) < 4.78 is 4.52. The van der Waals surface area contributed by atoms with E-state index in [2.05, 4.69) is 16.6 Å². The quantitative estimate of drug-likeness (QED) is 0.565. The van der Waals surface area contributed by atoms with Crippen LogP contribution in [0, 0.1) is 0 Å². The highest BCUT2D eigenvalue weighted by Gasteiger charge is 2.18. The SMILES string of the molecule is C=CCC[C@H](NC(C)=O)C(=O)OC.CC.[HH]. The molecular formula is C11H23NO3. The molecule has 1 N–H and O–H groups in total. The number of ether oxygens (including phenoxy) is 1. The first-order chi connectivity index (χ1) is 7.11. The fourth-order valence-corrected chi connectivity index (χ4v) is 0.921. The van der Waals surface area contributed by atoms with E-state index in [0.717, 1.165) is 0 Å². The van der Waals surface area contributed by atoms with Crippen molar-refractivity contribution in [3.05, 3.63) is 12.7 Å². The van der Waals surface area contributed by atoms with E-state index in [4.69, 9.17) is 0 Å². The summed E-state index contributed by atoms with van der Waals surface area (Å²) in [7, 11) is 1.30. The smallest absolute Gasteiger partial charge is 0.328 e. The van der Waals surface area contributed by atoms with Crippen LogP contribution in [0.5, 0.6) is 0 Å². The number of carbonyl (C=O) groups is 2. The summed E-state index contributed by atoms with van der Waals surface area (Å²) in [6.45, 7) is 8.90. The van der Waals surface area contributed by atoms with Crippen LogP contribution in [0.3, 0.4) is 0 Å². The maximum atomic E-state index is 11.1. The van der Waals surface area contributed by atoms with Gasteiger partial charge in [-0.25, -0.2) is 4.79 Å². The number of methoxy groups -OCH3 is 1. The molecule has 0 saturated carbocycles. The zero-order valence-corrected chi connectivity index (χ0v) is 10.0. The van der Waals surface area contributed by atoms with E-state index in [0.29, 0.717) is 12.8 Å². The Morgan fingerprint density at radius 3 is 2.40 bits per heavy atom. The zero-order valence-electron chi connectivity index (χ0n) is 10.0. The van der Waals surface area contributed by atoms with Gasteiger partial charge < -0.3 is 10.1 Å². The fourth-order valence-electron chi connectivity index (χ4n) is 0.921. The van der Waals surface area contributed by atoms with Crippen LogP contribution in [0.2, 0.25) is 0 Å². The van der Waals surface area contributed by atoms with Crippen molar-refractivity contribution >= 4 is 11.9 Å². The second-order valence-corrected chi connectivity index (χ2v) is 2.64. The standard InChI is InChI=1S/C9H15NO3.C2H6.H2/c1-4-5-6-8(9(12)13-3)10-7(2)11;1-2;/h4,8H,1,5-6H2,2-3H3,(H,10,11);1-2H3;1H/t8-;;/m0../s1. The van der Waals surface area contributed by atoms with Crippen molar-refractivity contribution < 1.29 is 15.8 Å². The number of amides is 1. The van der Waals surface area contributed by atoms with E-state index < -0.39 is 12.0 Å².